The highest BCUT2D eigenvalue weighted by Crippen LogP contribution is 2.25. The molecule has 4 rings (SSSR count). The first kappa shape index (κ1) is 15.0. The molecule has 0 aliphatic carbocycles. The minimum atomic E-state index is -1.33. The van der Waals surface area contributed by atoms with Crippen LogP contribution in [-0.2, 0) is 0 Å². The number of hydrogen-bond acceptors (Lipinski definition) is 6. The van der Waals surface area contributed by atoms with Crippen molar-refractivity contribution in [2.75, 3.05) is 31.1 Å². The van der Waals surface area contributed by atoms with Gasteiger partial charge in [0.25, 0.3) is 0 Å². The number of halogens is 1. The van der Waals surface area contributed by atoms with Gasteiger partial charge in [-0.2, -0.15) is 0 Å². The smallest absolute Gasteiger partial charge is 0.342 e. The van der Waals surface area contributed by atoms with Crippen molar-refractivity contribution < 1.29 is 14.3 Å². The molecule has 0 bridgehead atoms. The number of nitrogens with zero attached hydrogens (tertiary/aromatic N) is 3. The molecule has 0 amide bonds. The van der Waals surface area contributed by atoms with Crippen molar-refractivity contribution in [1.29, 1.82) is 0 Å². The Kier molecular flexibility index (Phi) is 3.47. The van der Waals surface area contributed by atoms with Gasteiger partial charge in [0.2, 0.25) is 5.43 Å². The quantitative estimate of drug-likeness (QED) is 0.723. The molecule has 1 saturated heterocycles. The van der Waals surface area contributed by atoms with Gasteiger partial charge in [0, 0.05) is 37.8 Å². The first-order valence-corrected chi connectivity index (χ1v) is 8.27. The van der Waals surface area contributed by atoms with Crippen LogP contribution >= 0.6 is 11.3 Å². The van der Waals surface area contributed by atoms with E-state index in [1.54, 1.807) is 11.6 Å². The minimum absolute atomic E-state index is 0.0281. The number of nitrogens with one attached hydrogen (secondary N) is 1. The molecule has 4 heterocycles. The Labute approximate surface area is 139 Å². The lowest BCUT2D eigenvalue weighted by Gasteiger charge is -2.28. The Morgan fingerprint density at radius 1 is 1.38 bits per heavy atom. The molecule has 124 valence electrons. The summed E-state index contributed by atoms with van der Waals surface area (Å²) in [6.45, 7) is 2.68. The van der Waals surface area contributed by atoms with E-state index < -0.39 is 17.2 Å². The number of piperazine rings is 1. The summed E-state index contributed by atoms with van der Waals surface area (Å²) >= 11 is 1.14. The summed E-state index contributed by atoms with van der Waals surface area (Å²) in [5, 5.41) is 14.2. The van der Waals surface area contributed by atoms with Gasteiger partial charge in [-0.15, -0.1) is 11.3 Å². The van der Waals surface area contributed by atoms with Gasteiger partial charge >= 0.3 is 5.97 Å². The monoisotopic (exact) mass is 348 g/mol. The Morgan fingerprint density at radius 2 is 2.12 bits per heavy atom. The van der Waals surface area contributed by atoms with Crippen LogP contribution in [0.15, 0.2) is 22.4 Å². The number of carbonyl (C=O) groups is 1. The van der Waals surface area contributed by atoms with E-state index in [1.807, 2.05) is 4.90 Å². The molecule has 0 atom stereocenters. The maximum Gasteiger partial charge on any atom is 0.342 e. The highest BCUT2D eigenvalue weighted by molar-refractivity contribution is 7.16. The van der Waals surface area contributed by atoms with Gasteiger partial charge in [0.05, 0.1) is 5.39 Å². The predicted octanol–water partition coefficient (Wildman–Crippen LogP) is 1.16. The molecule has 0 aromatic carbocycles. The summed E-state index contributed by atoms with van der Waals surface area (Å²) in [5.41, 5.74) is -0.789. The number of hydrogen-bond donors (Lipinski definition) is 2. The number of carboxylic acid groups (broad SMARTS) is 1. The number of carboxylic acids is 1. The number of pyridine rings is 2. The molecule has 0 saturated carbocycles. The second kappa shape index (κ2) is 5.53. The molecule has 0 radical (unpaired) electrons. The first-order valence-electron chi connectivity index (χ1n) is 7.39. The van der Waals surface area contributed by atoms with E-state index in [-0.39, 0.29) is 22.4 Å². The van der Waals surface area contributed by atoms with E-state index in [1.165, 1.54) is 4.40 Å². The highest BCUT2D eigenvalue weighted by atomic mass is 32.1. The Balaban J connectivity index is 2.05. The van der Waals surface area contributed by atoms with E-state index in [0.29, 0.717) is 17.9 Å². The molecule has 2 N–H and O–H groups in total. The van der Waals surface area contributed by atoms with Crippen molar-refractivity contribution >= 4 is 39.0 Å². The molecule has 3 aromatic heterocycles. The molecular formula is C15H13FN4O3S. The lowest BCUT2D eigenvalue weighted by Crippen LogP contribution is -2.44. The van der Waals surface area contributed by atoms with Crippen molar-refractivity contribution in [3.05, 3.63) is 39.2 Å². The molecule has 24 heavy (non-hydrogen) atoms. The van der Waals surface area contributed by atoms with Crippen molar-refractivity contribution in [2.24, 2.45) is 0 Å². The summed E-state index contributed by atoms with van der Waals surface area (Å²) in [6, 6.07) is 1.10. The average molecular weight is 348 g/mol. The third-order valence-electron chi connectivity index (χ3n) is 4.09. The summed E-state index contributed by atoms with van der Waals surface area (Å²) < 4.78 is 16.1. The summed E-state index contributed by atoms with van der Waals surface area (Å²) in [6.07, 6.45) is 1.64. The number of aromatic nitrogens is 2. The maximum absolute atomic E-state index is 14.5. The zero-order chi connectivity index (χ0) is 16.8. The van der Waals surface area contributed by atoms with Crippen LogP contribution in [0.25, 0.3) is 15.9 Å². The van der Waals surface area contributed by atoms with Crippen molar-refractivity contribution in [1.82, 2.24) is 14.7 Å². The van der Waals surface area contributed by atoms with E-state index in [4.69, 9.17) is 0 Å². The van der Waals surface area contributed by atoms with Crippen molar-refractivity contribution in [3.63, 3.8) is 0 Å². The average Bonchev–Trinajstić information content (AvgIpc) is 3.04. The van der Waals surface area contributed by atoms with Crippen LogP contribution in [-0.4, -0.2) is 46.6 Å². The molecule has 1 aliphatic heterocycles. The van der Waals surface area contributed by atoms with E-state index in [2.05, 4.69) is 10.3 Å². The molecular weight excluding hydrogens is 335 g/mol. The predicted molar refractivity (Wildman–Crippen MR) is 88.8 cm³/mol. The van der Waals surface area contributed by atoms with Crippen LogP contribution in [0.4, 0.5) is 10.2 Å². The molecule has 1 fully saturated rings. The Hall–Kier alpha value is -2.52. The standard InChI is InChI=1S/C15H13FN4O3S/c16-9-7-8-11(21)10(15(22)23)14-20(5-6-24-14)12(8)18-13(9)19-3-1-17-2-4-19/h5-7,17H,1-4H2,(H,22,23). The summed E-state index contributed by atoms with van der Waals surface area (Å²) in [4.78, 5) is 30.4. The SMILES string of the molecule is O=C(O)c1c(=O)c2cc(F)c(N3CCNCC3)nc2n2ccsc12. The van der Waals surface area contributed by atoms with Gasteiger partial charge in [0.15, 0.2) is 17.3 Å². The minimum Gasteiger partial charge on any atom is -0.477 e. The van der Waals surface area contributed by atoms with Gasteiger partial charge < -0.3 is 15.3 Å². The van der Waals surface area contributed by atoms with Gasteiger partial charge in [-0.25, -0.2) is 14.2 Å². The fourth-order valence-electron chi connectivity index (χ4n) is 2.97. The van der Waals surface area contributed by atoms with Crippen LogP contribution in [0.2, 0.25) is 0 Å². The number of anilines is 1. The zero-order valence-electron chi connectivity index (χ0n) is 12.5. The summed E-state index contributed by atoms with van der Waals surface area (Å²) in [5.74, 6) is -1.76. The van der Waals surface area contributed by atoms with Gasteiger partial charge in [0.1, 0.15) is 10.4 Å². The van der Waals surface area contributed by atoms with Crippen LogP contribution in [0.3, 0.4) is 0 Å². The van der Waals surface area contributed by atoms with Crippen molar-refractivity contribution in [3.8, 4) is 0 Å². The van der Waals surface area contributed by atoms with E-state index in [9.17, 15) is 19.1 Å². The molecule has 0 unspecified atom stereocenters. The lowest BCUT2D eigenvalue weighted by atomic mass is 10.2. The van der Waals surface area contributed by atoms with Crippen LogP contribution < -0.4 is 15.6 Å². The number of thiazole rings is 1. The number of aromatic carboxylic acids is 1. The first-order chi connectivity index (χ1) is 11.6. The number of rotatable bonds is 2. The fraction of sp³-hybridized carbons (Fsp3) is 0.267. The van der Waals surface area contributed by atoms with Crippen LogP contribution in [0, 0.1) is 5.82 Å². The van der Waals surface area contributed by atoms with Crippen LogP contribution in [0.1, 0.15) is 10.4 Å². The maximum atomic E-state index is 14.5. The molecule has 9 heteroatoms. The zero-order valence-corrected chi connectivity index (χ0v) is 13.3. The van der Waals surface area contributed by atoms with E-state index in [0.717, 1.165) is 30.5 Å². The van der Waals surface area contributed by atoms with Crippen LogP contribution in [0.5, 0.6) is 0 Å². The Bertz CT molecular complexity index is 1020. The van der Waals surface area contributed by atoms with Gasteiger partial charge in [-0.3, -0.25) is 9.20 Å². The largest absolute Gasteiger partial charge is 0.477 e. The van der Waals surface area contributed by atoms with Gasteiger partial charge in [-0.05, 0) is 6.07 Å². The fourth-order valence-corrected chi connectivity index (χ4v) is 3.84. The topological polar surface area (TPSA) is 86.9 Å². The second-order valence-corrected chi connectivity index (χ2v) is 6.38. The molecule has 1 aliphatic rings. The van der Waals surface area contributed by atoms with Gasteiger partial charge in [-0.1, -0.05) is 0 Å². The third-order valence-corrected chi connectivity index (χ3v) is 4.97. The van der Waals surface area contributed by atoms with E-state index >= 15 is 0 Å². The normalized spacial score (nSPS) is 15.3. The summed E-state index contributed by atoms with van der Waals surface area (Å²) in [7, 11) is 0. The highest BCUT2D eigenvalue weighted by Gasteiger charge is 2.23. The molecule has 0 spiro atoms. The Morgan fingerprint density at radius 3 is 2.83 bits per heavy atom. The van der Waals surface area contributed by atoms with Crippen molar-refractivity contribution in [2.45, 2.75) is 0 Å². The number of fused-ring (bicyclic) bond motifs is 3. The lowest BCUT2D eigenvalue weighted by molar-refractivity contribution is 0.0697. The molecule has 3 aromatic rings. The molecule has 7 nitrogen and oxygen atoms in total. The third kappa shape index (κ3) is 2.16. The second-order valence-electron chi connectivity index (χ2n) is 5.49.